The lowest BCUT2D eigenvalue weighted by molar-refractivity contribution is -0.169. The maximum atomic E-state index is 13.4. The molecule has 0 aliphatic carbocycles. The van der Waals surface area contributed by atoms with Gasteiger partial charge in [0.2, 0.25) is 0 Å². The van der Waals surface area contributed by atoms with Crippen molar-refractivity contribution in [2.75, 3.05) is 38.3 Å². The Kier molecular flexibility index (Phi) is 3.33. The molecule has 2 saturated heterocycles. The predicted octanol–water partition coefficient (Wildman–Crippen LogP) is 2.18. The smallest absolute Gasteiger partial charge is 0.171 e. The van der Waals surface area contributed by atoms with Crippen LogP contribution in [0, 0.1) is 5.82 Å². The molecule has 0 bridgehead atoms. The summed E-state index contributed by atoms with van der Waals surface area (Å²) in [5.41, 5.74) is 0.978. The van der Waals surface area contributed by atoms with E-state index in [4.69, 9.17) is 14.2 Å². The van der Waals surface area contributed by atoms with Gasteiger partial charge in [-0.3, -0.25) is 0 Å². The SMILES string of the molecule is COc1cc(N2CCC3(CC2)OCCO3)ccc1F. The van der Waals surface area contributed by atoms with E-state index in [1.165, 1.54) is 13.2 Å². The fraction of sp³-hybridized carbons (Fsp3) is 0.571. The van der Waals surface area contributed by atoms with Crippen LogP contribution in [0.5, 0.6) is 5.75 Å². The number of ether oxygens (including phenoxy) is 3. The van der Waals surface area contributed by atoms with Gasteiger partial charge in [0, 0.05) is 37.7 Å². The van der Waals surface area contributed by atoms with Crippen molar-refractivity contribution in [3.8, 4) is 5.75 Å². The molecule has 1 aromatic carbocycles. The number of nitrogens with zero attached hydrogens (tertiary/aromatic N) is 1. The molecule has 1 spiro atoms. The Bertz CT molecular complexity index is 450. The number of benzene rings is 1. The molecule has 2 fully saturated rings. The van der Waals surface area contributed by atoms with Crippen LogP contribution in [0.1, 0.15) is 12.8 Å². The van der Waals surface area contributed by atoms with Gasteiger partial charge in [-0.05, 0) is 12.1 Å². The second-order valence-corrected chi connectivity index (χ2v) is 4.91. The van der Waals surface area contributed by atoms with Crippen molar-refractivity contribution in [2.45, 2.75) is 18.6 Å². The molecule has 0 unspecified atom stereocenters. The first-order chi connectivity index (χ1) is 9.22. The third-order valence-corrected chi connectivity index (χ3v) is 3.84. The maximum Gasteiger partial charge on any atom is 0.171 e. The summed E-state index contributed by atoms with van der Waals surface area (Å²) in [6.07, 6.45) is 1.68. The number of methoxy groups -OCH3 is 1. The molecule has 0 atom stereocenters. The van der Waals surface area contributed by atoms with Gasteiger partial charge in [0.05, 0.1) is 20.3 Å². The molecule has 19 heavy (non-hydrogen) atoms. The number of rotatable bonds is 2. The quantitative estimate of drug-likeness (QED) is 0.822. The second-order valence-electron chi connectivity index (χ2n) is 4.91. The summed E-state index contributed by atoms with van der Waals surface area (Å²) in [6, 6.07) is 4.97. The highest BCUT2D eigenvalue weighted by molar-refractivity contribution is 5.51. The first-order valence-corrected chi connectivity index (χ1v) is 6.59. The monoisotopic (exact) mass is 267 g/mol. The van der Waals surface area contributed by atoms with Crippen LogP contribution in [0.25, 0.3) is 0 Å². The van der Waals surface area contributed by atoms with E-state index < -0.39 is 0 Å². The summed E-state index contributed by atoms with van der Waals surface area (Å²) in [5.74, 6) is -0.422. The van der Waals surface area contributed by atoms with Crippen LogP contribution in [0.15, 0.2) is 18.2 Å². The van der Waals surface area contributed by atoms with Crippen LogP contribution >= 0.6 is 0 Å². The van der Waals surface area contributed by atoms with E-state index in [1.807, 2.05) is 0 Å². The predicted molar refractivity (Wildman–Crippen MR) is 69.0 cm³/mol. The fourth-order valence-corrected chi connectivity index (χ4v) is 2.74. The van der Waals surface area contributed by atoms with Gasteiger partial charge < -0.3 is 19.1 Å². The zero-order valence-corrected chi connectivity index (χ0v) is 11.0. The molecule has 2 heterocycles. The van der Waals surface area contributed by atoms with Crippen LogP contribution in [0.2, 0.25) is 0 Å². The minimum atomic E-state index is -0.374. The minimum absolute atomic E-state index is 0.283. The fourth-order valence-electron chi connectivity index (χ4n) is 2.74. The maximum absolute atomic E-state index is 13.4. The average Bonchev–Trinajstić information content (AvgIpc) is 2.89. The molecule has 0 saturated carbocycles. The summed E-state index contributed by atoms with van der Waals surface area (Å²) in [4.78, 5) is 2.21. The summed E-state index contributed by atoms with van der Waals surface area (Å²) >= 11 is 0. The number of halogens is 1. The van der Waals surface area contributed by atoms with E-state index in [9.17, 15) is 4.39 Å². The van der Waals surface area contributed by atoms with Crippen LogP contribution in [-0.2, 0) is 9.47 Å². The second kappa shape index (κ2) is 4.98. The highest BCUT2D eigenvalue weighted by Crippen LogP contribution is 2.34. The molecule has 5 heteroatoms. The van der Waals surface area contributed by atoms with Gasteiger partial charge in [0.1, 0.15) is 0 Å². The van der Waals surface area contributed by atoms with Crippen LogP contribution in [0.3, 0.4) is 0 Å². The van der Waals surface area contributed by atoms with Crippen molar-refractivity contribution in [3.05, 3.63) is 24.0 Å². The van der Waals surface area contributed by atoms with E-state index in [2.05, 4.69) is 4.90 Å². The van der Waals surface area contributed by atoms with Gasteiger partial charge in [-0.15, -0.1) is 0 Å². The van der Waals surface area contributed by atoms with Crippen molar-refractivity contribution in [1.82, 2.24) is 0 Å². The molecule has 1 aromatic rings. The minimum Gasteiger partial charge on any atom is -0.494 e. The first-order valence-electron chi connectivity index (χ1n) is 6.59. The Labute approximate surface area is 112 Å². The normalized spacial score (nSPS) is 21.9. The van der Waals surface area contributed by atoms with Crippen LogP contribution < -0.4 is 9.64 Å². The topological polar surface area (TPSA) is 30.9 Å². The average molecular weight is 267 g/mol. The highest BCUT2D eigenvalue weighted by Gasteiger charge is 2.39. The summed E-state index contributed by atoms with van der Waals surface area (Å²) < 4.78 is 29.8. The number of piperidine rings is 1. The van der Waals surface area contributed by atoms with E-state index in [0.717, 1.165) is 31.6 Å². The molecule has 4 nitrogen and oxygen atoms in total. The molecular formula is C14H18FNO3. The van der Waals surface area contributed by atoms with Crippen molar-refractivity contribution in [1.29, 1.82) is 0 Å². The van der Waals surface area contributed by atoms with Crippen LogP contribution in [-0.4, -0.2) is 39.2 Å². The first kappa shape index (κ1) is 12.7. The molecule has 2 aliphatic heterocycles. The molecule has 0 radical (unpaired) electrons. The van der Waals surface area contributed by atoms with E-state index in [1.54, 1.807) is 12.1 Å². The summed E-state index contributed by atoms with van der Waals surface area (Å²) in [5, 5.41) is 0. The zero-order chi connectivity index (χ0) is 13.3. The third-order valence-electron chi connectivity index (χ3n) is 3.84. The number of anilines is 1. The van der Waals surface area contributed by atoms with E-state index in [0.29, 0.717) is 13.2 Å². The Morgan fingerprint density at radius 2 is 1.89 bits per heavy atom. The van der Waals surface area contributed by atoms with Crippen LogP contribution in [0.4, 0.5) is 10.1 Å². The molecule has 0 N–H and O–H groups in total. The van der Waals surface area contributed by atoms with Gasteiger partial charge in [0.25, 0.3) is 0 Å². The Morgan fingerprint density at radius 1 is 1.21 bits per heavy atom. The molecular weight excluding hydrogens is 249 g/mol. The van der Waals surface area contributed by atoms with Gasteiger partial charge >= 0.3 is 0 Å². The zero-order valence-electron chi connectivity index (χ0n) is 11.0. The third kappa shape index (κ3) is 2.40. The number of hydrogen-bond donors (Lipinski definition) is 0. The summed E-state index contributed by atoms with van der Waals surface area (Å²) in [7, 11) is 1.48. The van der Waals surface area contributed by atoms with E-state index in [-0.39, 0.29) is 17.4 Å². The molecule has 0 aromatic heterocycles. The molecule has 104 valence electrons. The van der Waals surface area contributed by atoms with Crippen molar-refractivity contribution in [3.63, 3.8) is 0 Å². The lowest BCUT2D eigenvalue weighted by atomic mass is 10.0. The van der Waals surface area contributed by atoms with Crippen molar-refractivity contribution in [2.24, 2.45) is 0 Å². The largest absolute Gasteiger partial charge is 0.494 e. The summed E-state index contributed by atoms with van der Waals surface area (Å²) in [6.45, 7) is 3.05. The standard InChI is InChI=1S/C14H18FNO3/c1-17-13-10-11(2-3-12(13)15)16-6-4-14(5-7-16)18-8-9-19-14/h2-3,10H,4-9H2,1H3. The van der Waals surface area contributed by atoms with Gasteiger partial charge in [-0.1, -0.05) is 0 Å². The highest BCUT2D eigenvalue weighted by atomic mass is 19.1. The lowest BCUT2D eigenvalue weighted by Gasteiger charge is -2.38. The van der Waals surface area contributed by atoms with Crippen molar-refractivity contribution >= 4 is 5.69 Å². The number of hydrogen-bond acceptors (Lipinski definition) is 4. The Morgan fingerprint density at radius 3 is 2.53 bits per heavy atom. The van der Waals surface area contributed by atoms with Gasteiger partial charge in [-0.25, -0.2) is 4.39 Å². The molecule has 0 amide bonds. The molecule has 3 rings (SSSR count). The van der Waals surface area contributed by atoms with E-state index >= 15 is 0 Å². The lowest BCUT2D eigenvalue weighted by Crippen LogP contribution is -2.45. The van der Waals surface area contributed by atoms with Gasteiger partial charge in [-0.2, -0.15) is 0 Å². The molecule has 2 aliphatic rings. The van der Waals surface area contributed by atoms with Crippen molar-refractivity contribution < 1.29 is 18.6 Å². The Hall–Kier alpha value is -1.33. The Balaban J connectivity index is 1.71. The van der Waals surface area contributed by atoms with Gasteiger partial charge in [0.15, 0.2) is 17.4 Å².